The molecule has 0 amide bonds. The highest BCUT2D eigenvalue weighted by Gasteiger charge is 2.30. The first-order valence-electron chi connectivity index (χ1n) is 11.0. The van der Waals surface area contributed by atoms with Crippen LogP contribution in [0.3, 0.4) is 0 Å². The number of anilines is 3. The van der Waals surface area contributed by atoms with Gasteiger partial charge in [-0.1, -0.05) is 41.2 Å². The fourth-order valence-corrected chi connectivity index (χ4v) is 4.82. The van der Waals surface area contributed by atoms with E-state index in [1.807, 2.05) is 13.2 Å². The van der Waals surface area contributed by atoms with Gasteiger partial charge >= 0.3 is 0 Å². The number of aryl methyl sites for hydroxylation is 2. The Labute approximate surface area is 201 Å². The predicted molar refractivity (Wildman–Crippen MR) is 131 cm³/mol. The smallest absolute Gasteiger partial charge is 0.228 e. The summed E-state index contributed by atoms with van der Waals surface area (Å²) in [6.45, 7) is 2.95. The summed E-state index contributed by atoms with van der Waals surface area (Å²) in [6, 6.07) is 11.0. The largest absolute Gasteiger partial charge is 0.491 e. The minimum absolute atomic E-state index is 0.189. The molecule has 0 aliphatic carbocycles. The Kier molecular flexibility index (Phi) is 5.86. The van der Waals surface area contributed by atoms with Crippen molar-refractivity contribution in [3.05, 3.63) is 58.9 Å². The molecule has 0 saturated carbocycles. The average molecular weight is 473 g/mol. The number of rotatable bonds is 6. The third kappa shape index (κ3) is 4.18. The third-order valence-electron chi connectivity index (χ3n) is 5.85. The van der Waals surface area contributed by atoms with Gasteiger partial charge in [-0.2, -0.15) is 15.3 Å². The molecule has 1 N–H and O–H groups in total. The van der Waals surface area contributed by atoms with E-state index < -0.39 is 0 Å². The molecular weight excluding hydrogens is 448 g/mol. The van der Waals surface area contributed by atoms with E-state index in [1.165, 1.54) is 28.7 Å². The van der Waals surface area contributed by atoms with Crippen molar-refractivity contribution >= 4 is 28.2 Å². The number of nitriles is 1. The number of benzene rings is 1. The first-order valence-corrected chi connectivity index (χ1v) is 11.8. The van der Waals surface area contributed by atoms with Gasteiger partial charge in [0.1, 0.15) is 16.6 Å². The van der Waals surface area contributed by atoms with Crippen molar-refractivity contribution in [3.8, 4) is 23.1 Å². The maximum atomic E-state index is 9.18. The Hall–Kier alpha value is -3.97. The van der Waals surface area contributed by atoms with Crippen LogP contribution in [0, 0.1) is 18.3 Å². The van der Waals surface area contributed by atoms with Crippen molar-refractivity contribution < 1.29 is 4.74 Å². The molecule has 3 aromatic heterocycles. The monoisotopic (exact) mass is 472 g/mol. The molecule has 1 aliphatic rings. The van der Waals surface area contributed by atoms with E-state index in [4.69, 9.17) is 14.7 Å². The maximum absolute atomic E-state index is 9.18. The summed E-state index contributed by atoms with van der Waals surface area (Å²) in [5, 5.41) is 17.3. The van der Waals surface area contributed by atoms with Crippen molar-refractivity contribution in [3.63, 3.8) is 0 Å². The van der Waals surface area contributed by atoms with E-state index in [2.05, 4.69) is 57.6 Å². The van der Waals surface area contributed by atoms with Crippen LogP contribution in [-0.4, -0.2) is 38.4 Å². The van der Waals surface area contributed by atoms with Crippen LogP contribution < -0.4 is 15.0 Å². The number of hydrogen-bond donors (Lipinski definition) is 1. The minimum atomic E-state index is 0.189. The summed E-state index contributed by atoms with van der Waals surface area (Å²) >= 11 is 1.26. The summed E-state index contributed by atoms with van der Waals surface area (Å²) in [7, 11) is 3.46. The lowest BCUT2D eigenvalue weighted by Crippen LogP contribution is -2.25. The Morgan fingerprint density at radius 3 is 2.71 bits per heavy atom. The van der Waals surface area contributed by atoms with Crippen LogP contribution in [-0.2, 0) is 7.05 Å². The van der Waals surface area contributed by atoms with Crippen LogP contribution in [0.4, 0.5) is 16.9 Å². The minimum Gasteiger partial charge on any atom is -0.491 e. The van der Waals surface area contributed by atoms with E-state index >= 15 is 0 Å². The molecule has 1 saturated heterocycles. The van der Waals surface area contributed by atoms with Crippen LogP contribution in [0.15, 0.2) is 42.9 Å². The second-order valence-corrected chi connectivity index (χ2v) is 9.22. The number of thiazole rings is 1. The van der Waals surface area contributed by atoms with Crippen LogP contribution >= 0.6 is 11.3 Å². The van der Waals surface area contributed by atoms with Crippen LogP contribution in [0.5, 0.6) is 5.75 Å². The molecule has 1 aliphatic heterocycles. The second-order valence-electron chi connectivity index (χ2n) is 8.19. The molecule has 0 spiro atoms. The topological polar surface area (TPSA) is 105 Å². The molecular formula is C24H24N8OS. The highest BCUT2D eigenvalue weighted by molar-refractivity contribution is 7.16. The Bertz CT molecular complexity index is 1350. The maximum Gasteiger partial charge on any atom is 0.228 e. The van der Waals surface area contributed by atoms with Gasteiger partial charge < -0.3 is 15.0 Å². The van der Waals surface area contributed by atoms with Crippen molar-refractivity contribution in [1.29, 1.82) is 5.26 Å². The molecule has 5 rings (SSSR count). The zero-order chi connectivity index (χ0) is 23.7. The van der Waals surface area contributed by atoms with Gasteiger partial charge in [0.2, 0.25) is 5.95 Å². The fraction of sp³-hybridized carbons (Fsp3) is 0.292. The molecule has 4 heterocycles. The molecule has 34 heavy (non-hydrogen) atoms. The molecule has 0 radical (unpaired) electrons. The number of ether oxygens (including phenoxy) is 1. The highest BCUT2D eigenvalue weighted by atomic mass is 32.1. The normalized spacial score (nSPS) is 15.4. The second kappa shape index (κ2) is 9.11. The standard InChI is InChI=1S/C24H24N8OS/c1-15-6-8-16(9-7-15)19-5-4-10-32(19)23-28-20(17-12-27-31(2)14-17)21(33-3)22(29-23)30-24-26-13-18(11-25)34-24/h6-9,12-14,19H,4-5,10H2,1-3H3,(H,26,28,29,30)/t19-/m0/s1. The first kappa shape index (κ1) is 21.9. The zero-order valence-electron chi connectivity index (χ0n) is 19.2. The van der Waals surface area contributed by atoms with Gasteiger partial charge in [0.15, 0.2) is 16.7 Å². The first-order chi connectivity index (χ1) is 16.6. The van der Waals surface area contributed by atoms with Gasteiger partial charge in [-0.3, -0.25) is 4.68 Å². The molecule has 1 fully saturated rings. The van der Waals surface area contributed by atoms with E-state index in [0.29, 0.717) is 33.2 Å². The van der Waals surface area contributed by atoms with Gasteiger partial charge in [0.25, 0.3) is 0 Å². The molecule has 10 heteroatoms. The number of methoxy groups -OCH3 is 1. The SMILES string of the molecule is COc1c(Nc2ncc(C#N)s2)nc(N2CCC[C@H]2c2ccc(C)cc2)nc1-c1cnn(C)c1. The van der Waals surface area contributed by atoms with E-state index in [-0.39, 0.29) is 6.04 Å². The van der Waals surface area contributed by atoms with Gasteiger partial charge in [-0.05, 0) is 25.3 Å². The molecule has 4 aromatic rings. The van der Waals surface area contributed by atoms with Crippen LogP contribution in [0.1, 0.15) is 34.9 Å². The van der Waals surface area contributed by atoms with Gasteiger partial charge in [0.05, 0.1) is 25.5 Å². The highest BCUT2D eigenvalue weighted by Crippen LogP contribution is 2.41. The Morgan fingerprint density at radius 1 is 1.21 bits per heavy atom. The van der Waals surface area contributed by atoms with Crippen molar-refractivity contribution in [2.75, 3.05) is 23.9 Å². The lowest BCUT2D eigenvalue weighted by molar-refractivity contribution is 0.415. The lowest BCUT2D eigenvalue weighted by Gasteiger charge is -2.26. The summed E-state index contributed by atoms with van der Waals surface area (Å²) in [4.78, 5) is 16.9. The third-order valence-corrected chi connectivity index (χ3v) is 6.67. The van der Waals surface area contributed by atoms with Gasteiger partial charge in [-0.15, -0.1) is 0 Å². The molecule has 0 unspecified atom stereocenters. The number of aromatic nitrogens is 5. The summed E-state index contributed by atoms with van der Waals surface area (Å²) in [6.07, 6.45) is 7.28. The average Bonchev–Trinajstić information content (AvgIpc) is 3.60. The molecule has 0 bridgehead atoms. The van der Waals surface area contributed by atoms with Crippen LogP contribution in [0.25, 0.3) is 11.3 Å². The van der Waals surface area contributed by atoms with Crippen molar-refractivity contribution in [1.82, 2.24) is 24.7 Å². The molecule has 1 atom stereocenters. The lowest BCUT2D eigenvalue weighted by atomic mass is 10.0. The number of hydrogen-bond acceptors (Lipinski definition) is 9. The quantitative estimate of drug-likeness (QED) is 0.434. The van der Waals surface area contributed by atoms with E-state index in [0.717, 1.165) is 24.9 Å². The predicted octanol–water partition coefficient (Wildman–Crippen LogP) is 4.61. The molecule has 9 nitrogen and oxygen atoms in total. The summed E-state index contributed by atoms with van der Waals surface area (Å²) in [5.74, 6) is 1.61. The zero-order valence-corrected chi connectivity index (χ0v) is 20.0. The molecule has 1 aromatic carbocycles. The molecule has 172 valence electrons. The Balaban J connectivity index is 1.61. The fourth-order valence-electron chi connectivity index (χ4n) is 4.21. The Morgan fingerprint density at radius 2 is 2.03 bits per heavy atom. The number of nitrogens with one attached hydrogen (secondary N) is 1. The van der Waals surface area contributed by atoms with Gasteiger partial charge in [-0.25, -0.2) is 9.97 Å². The van der Waals surface area contributed by atoms with Crippen molar-refractivity contribution in [2.45, 2.75) is 25.8 Å². The van der Waals surface area contributed by atoms with E-state index in [9.17, 15) is 5.26 Å². The van der Waals surface area contributed by atoms with Crippen molar-refractivity contribution in [2.24, 2.45) is 7.05 Å². The summed E-state index contributed by atoms with van der Waals surface area (Å²) in [5.41, 5.74) is 3.96. The number of nitrogens with zero attached hydrogens (tertiary/aromatic N) is 7. The summed E-state index contributed by atoms with van der Waals surface area (Å²) < 4.78 is 7.49. The van der Waals surface area contributed by atoms with Crippen LogP contribution in [0.2, 0.25) is 0 Å². The van der Waals surface area contributed by atoms with Gasteiger partial charge in [0, 0.05) is 25.4 Å². The van der Waals surface area contributed by atoms with E-state index in [1.54, 1.807) is 18.0 Å².